The van der Waals surface area contributed by atoms with E-state index < -0.39 is 0 Å². The van der Waals surface area contributed by atoms with Crippen molar-refractivity contribution in [3.8, 4) is 11.5 Å². The number of carbonyl (C=O) groups is 1. The van der Waals surface area contributed by atoms with Crippen LogP contribution < -0.4 is 5.32 Å². The van der Waals surface area contributed by atoms with Gasteiger partial charge >= 0.3 is 6.01 Å². The van der Waals surface area contributed by atoms with Gasteiger partial charge in [-0.3, -0.25) is 10.1 Å². The molecule has 1 amide bonds. The fourth-order valence-electron chi connectivity index (χ4n) is 1.81. The number of rotatable bonds is 3. The molecule has 1 N–H and O–H groups in total. The Kier molecular flexibility index (Phi) is 4.22. The summed E-state index contributed by atoms with van der Waals surface area (Å²) in [6.45, 7) is 0. The third-order valence-electron chi connectivity index (χ3n) is 2.80. The Morgan fingerprint density at radius 2 is 1.95 bits per heavy atom. The lowest BCUT2D eigenvalue weighted by Crippen LogP contribution is -2.11. The van der Waals surface area contributed by atoms with Gasteiger partial charge in [-0.15, -0.1) is 5.10 Å². The molecule has 3 aromatic rings. The molecule has 0 radical (unpaired) electrons. The lowest BCUT2D eigenvalue weighted by Gasteiger charge is -2.00. The fourth-order valence-corrected chi connectivity index (χ4v) is 2.40. The topological polar surface area (TPSA) is 68.0 Å². The minimum atomic E-state index is -0.369. The number of nitrogens with one attached hydrogen (secondary N) is 1. The molecule has 110 valence electrons. The summed E-state index contributed by atoms with van der Waals surface area (Å²) < 4.78 is 6.34. The monoisotopic (exact) mass is 377 g/mol. The lowest BCUT2D eigenvalue weighted by atomic mass is 10.2. The summed E-state index contributed by atoms with van der Waals surface area (Å²) in [5, 5.41) is 10.7. The van der Waals surface area contributed by atoms with Crippen LogP contribution in [0.1, 0.15) is 10.4 Å². The molecule has 0 unspecified atom stereocenters. The molecular formula is C15H9BrClN3O2. The highest BCUT2D eigenvalue weighted by Gasteiger charge is 2.13. The molecule has 0 saturated carbocycles. The first-order valence-corrected chi connectivity index (χ1v) is 7.45. The van der Waals surface area contributed by atoms with Crippen molar-refractivity contribution in [2.24, 2.45) is 0 Å². The van der Waals surface area contributed by atoms with Gasteiger partial charge in [-0.05, 0) is 36.4 Å². The van der Waals surface area contributed by atoms with Crippen LogP contribution in [0.3, 0.4) is 0 Å². The Morgan fingerprint density at radius 3 is 2.73 bits per heavy atom. The maximum Gasteiger partial charge on any atom is 0.322 e. The zero-order valence-corrected chi connectivity index (χ0v) is 13.4. The predicted octanol–water partition coefficient (Wildman–Crippen LogP) is 4.40. The summed E-state index contributed by atoms with van der Waals surface area (Å²) in [5.41, 5.74) is 1.17. The first-order valence-electron chi connectivity index (χ1n) is 6.28. The molecule has 0 spiro atoms. The summed E-state index contributed by atoms with van der Waals surface area (Å²) >= 11 is 9.23. The van der Waals surface area contributed by atoms with Crippen molar-refractivity contribution in [1.82, 2.24) is 10.2 Å². The Labute approximate surface area is 139 Å². The maximum absolute atomic E-state index is 12.1. The molecule has 0 aliphatic rings. The zero-order chi connectivity index (χ0) is 15.5. The van der Waals surface area contributed by atoms with Crippen molar-refractivity contribution in [2.75, 3.05) is 5.32 Å². The highest BCUT2D eigenvalue weighted by atomic mass is 79.9. The smallest absolute Gasteiger partial charge is 0.322 e. The van der Waals surface area contributed by atoms with Gasteiger partial charge in [-0.2, -0.15) is 0 Å². The number of carbonyl (C=O) groups excluding carboxylic acids is 1. The molecule has 0 atom stereocenters. The minimum absolute atomic E-state index is 0.0277. The molecule has 3 rings (SSSR count). The van der Waals surface area contributed by atoms with Crippen LogP contribution in [0.4, 0.5) is 6.01 Å². The second-order valence-electron chi connectivity index (χ2n) is 4.39. The summed E-state index contributed by atoms with van der Waals surface area (Å²) in [6, 6.07) is 14.0. The number of nitrogens with zero attached hydrogens (tertiary/aromatic N) is 2. The van der Waals surface area contributed by atoms with Crippen molar-refractivity contribution < 1.29 is 9.21 Å². The standard InChI is InChI=1S/C15H9BrClN3O2/c16-11-5-1-4-10(7-11)14-19-20-15(22-14)18-13(21)9-3-2-6-12(17)8-9/h1-8H,(H,18,20,21). The fraction of sp³-hybridized carbons (Fsp3) is 0. The van der Waals surface area contributed by atoms with E-state index in [9.17, 15) is 4.79 Å². The average Bonchev–Trinajstić information content (AvgIpc) is 2.96. The zero-order valence-electron chi connectivity index (χ0n) is 11.1. The minimum Gasteiger partial charge on any atom is -0.403 e. The highest BCUT2D eigenvalue weighted by Crippen LogP contribution is 2.23. The number of hydrogen-bond acceptors (Lipinski definition) is 4. The largest absolute Gasteiger partial charge is 0.403 e. The average molecular weight is 379 g/mol. The summed E-state index contributed by atoms with van der Waals surface area (Å²) in [7, 11) is 0. The number of anilines is 1. The van der Waals surface area contributed by atoms with Crippen molar-refractivity contribution in [3.63, 3.8) is 0 Å². The molecule has 7 heteroatoms. The SMILES string of the molecule is O=C(Nc1nnc(-c2cccc(Br)c2)o1)c1cccc(Cl)c1. The number of amides is 1. The number of benzene rings is 2. The van der Waals surface area contributed by atoms with Crippen LogP contribution in [-0.4, -0.2) is 16.1 Å². The predicted molar refractivity (Wildman–Crippen MR) is 86.8 cm³/mol. The summed E-state index contributed by atoms with van der Waals surface area (Å²) in [5.74, 6) is -0.0466. The molecule has 0 fully saturated rings. The summed E-state index contributed by atoms with van der Waals surface area (Å²) in [4.78, 5) is 12.1. The van der Waals surface area contributed by atoms with E-state index in [1.54, 1.807) is 24.3 Å². The Balaban J connectivity index is 1.78. The van der Waals surface area contributed by atoms with Gasteiger partial charge < -0.3 is 4.42 Å². The highest BCUT2D eigenvalue weighted by molar-refractivity contribution is 9.10. The molecule has 1 aromatic heterocycles. The van der Waals surface area contributed by atoms with Crippen LogP contribution in [-0.2, 0) is 0 Å². The van der Waals surface area contributed by atoms with Gasteiger partial charge in [0.1, 0.15) is 0 Å². The second-order valence-corrected chi connectivity index (χ2v) is 5.74. The molecule has 0 bridgehead atoms. The van der Waals surface area contributed by atoms with E-state index in [1.165, 1.54) is 0 Å². The third kappa shape index (κ3) is 3.35. The second kappa shape index (κ2) is 6.29. The van der Waals surface area contributed by atoms with E-state index in [0.717, 1.165) is 10.0 Å². The Bertz CT molecular complexity index is 835. The number of halogens is 2. The molecule has 0 aliphatic heterocycles. The Hall–Kier alpha value is -2.18. The number of aromatic nitrogens is 2. The molecule has 1 heterocycles. The van der Waals surface area contributed by atoms with E-state index in [4.69, 9.17) is 16.0 Å². The van der Waals surface area contributed by atoms with Gasteiger partial charge in [0.15, 0.2) is 0 Å². The first kappa shape index (κ1) is 14.7. The normalized spacial score (nSPS) is 10.5. The van der Waals surface area contributed by atoms with E-state index in [-0.39, 0.29) is 11.9 Å². The third-order valence-corrected chi connectivity index (χ3v) is 3.53. The van der Waals surface area contributed by atoms with Crippen LogP contribution in [0.15, 0.2) is 57.4 Å². The van der Waals surface area contributed by atoms with Gasteiger partial charge in [-0.1, -0.05) is 44.8 Å². The quantitative estimate of drug-likeness (QED) is 0.733. The van der Waals surface area contributed by atoms with Gasteiger partial charge in [-0.25, -0.2) is 0 Å². The van der Waals surface area contributed by atoms with Crippen LogP contribution in [0.25, 0.3) is 11.5 Å². The van der Waals surface area contributed by atoms with Crippen molar-refractivity contribution in [3.05, 3.63) is 63.6 Å². The van der Waals surface area contributed by atoms with Gasteiger partial charge in [0, 0.05) is 20.6 Å². The van der Waals surface area contributed by atoms with Gasteiger partial charge in [0.25, 0.3) is 5.91 Å². The first-order chi connectivity index (χ1) is 10.6. The molecule has 22 heavy (non-hydrogen) atoms. The van der Waals surface area contributed by atoms with Crippen LogP contribution in [0.5, 0.6) is 0 Å². The van der Waals surface area contributed by atoms with Crippen molar-refractivity contribution >= 4 is 39.5 Å². The van der Waals surface area contributed by atoms with E-state index >= 15 is 0 Å². The Morgan fingerprint density at radius 1 is 1.14 bits per heavy atom. The maximum atomic E-state index is 12.1. The van der Waals surface area contributed by atoms with E-state index in [2.05, 4.69) is 31.4 Å². The van der Waals surface area contributed by atoms with Crippen molar-refractivity contribution in [1.29, 1.82) is 0 Å². The molecule has 0 saturated heterocycles. The molecule has 5 nitrogen and oxygen atoms in total. The van der Waals surface area contributed by atoms with Crippen LogP contribution in [0.2, 0.25) is 5.02 Å². The van der Waals surface area contributed by atoms with E-state index in [0.29, 0.717) is 16.5 Å². The molecule has 0 aliphatic carbocycles. The molecular weight excluding hydrogens is 370 g/mol. The summed E-state index contributed by atoms with van der Waals surface area (Å²) in [6.07, 6.45) is 0. The van der Waals surface area contributed by atoms with Gasteiger partial charge in [0.05, 0.1) is 0 Å². The van der Waals surface area contributed by atoms with Gasteiger partial charge in [0.2, 0.25) is 5.89 Å². The number of hydrogen-bond donors (Lipinski definition) is 1. The van der Waals surface area contributed by atoms with Crippen molar-refractivity contribution in [2.45, 2.75) is 0 Å². The van der Waals surface area contributed by atoms with E-state index in [1.807, 2.05) is 24.3 Å². The molecule has 2 aromatic carbocycles. The van der Waals surface area contributed by atoms with Crippen LogP contribution in [0, 0.1) is 0 Å². The lowest BCUT2D eigenvalue weighted by molar-refractivity contribution is 0.102. The van der Waals surface area contributed by atoms with Crippen LogP contribution >= 0.6 is 27.5 Å².